The predicted octanol–water partition coefficient (Wildman–Crippen LogP) is 1.94. The van der Waals surface area contributed by atoms with Gasteiger partial charge in [0.2, 0.25) is 11.8 Å². The van der Waals surface area contributed by atoms with E-state index in [1.807, 2.05) is 0 Å². The highest BCUT2D eigenvalue weighted by Gasteiger charge is 2.38. The third-order valence-corrected chi connectivity index (χ3v) is 3.04. The lowest BCUT2D eigenvalue weighted by Crippen LogP contribution is -2.38. The Kier molecular flexibility index (Phi) is 7.30. The Morgan fingerprint density at radius 3 is 2.70 bits per heavy atom. The summed E-state index contributed by atoms with van der Waals surface area (Å²) in [6.07, 6.45) is -1.24. The minimum absolute atomic E-state index is 0.375. The van der Waals surface area contributed by atoms with Crippen LogP contribution in [0.25, 0.3) is 0 Å². The molecule has 0 radical (unpaired) electrons. The molecule has 1 aliphatic heterocycles. The number of rotatable bonds is 3. The first-order chi connectivity index (χ1) is 10.7. The van der Waals surface area contributed by atoms with Gasteiger partial charge >= 0.3 is 12.1 Å². The topological polar surface area (TPSA) is 96.4 Å². The van der Waals surface area contributed by atoms with Gasteiger partial charge in [-0.3, -0.25) is 0 Å². The molecule has 1 atom stereocenters. The van der Waals surface area contributed by atoms with Crippen LogP contribution in [0.5, 0.6) is 5.88 Å². The zero-order valence-electron chi connectivity index (χ0n) is 12.2. The Morgan fingerprint density at radius 1 is 1.57 bits per heavy atom. The van der Waals surface area contributed by atoms with E-state index in [-0.39, 0.29) is 0 Å². The van der Waals surface area contributed by atoms with Crippen LogP contribution in [0.15, 0.2) is 6.20 Å². The summed E-state index contributed by atoms with van der Waals surface area (Å²) < 4.78 is 36.8. The number of alkyl halides is 3. The molecule has 2 heterocycles. The van der Waals surface area contributed by atoms with Crippen LogP contribution in [-0.2, 0) is 4.79 Å². The standard InChI is InChI=1S/C10H15ClN4O.C2HF3O2/c1-16-9-8(11)6-13-10(15-9)14-7-3-2-4-12-5-7;3-2(4,5)1(6)7/h6-7,12H,2-5H2,1H3,(H,13,14,15);(H,6,7). The molecule has 11 heteroatoms. The summed E-state index contributed by atoms with van der Waals surface area (Å²) in [5, 5.41) is 14.1. The van der Waals surface area contributed by atoms with Crippen molar-refractivity contribution in [2.75, 3.05) is 25.5 Å². The molecular weight excluding hydrogens is 341 g/mol. The van der Waals surface area contributed by atoms with Gasteiger partial charge in [-0.05, 0) is 19.4 Å². The molecule has 7 nitrogen and oxygen atoms in total. The fourth-order valence-electron chi connectivity index (χ4n) is 1.72. The average Bonchev–Trinajstić information content (AvgIpc) is 2.50. The van der Waals surface area contributed by atoms with Gasteiger partial charge in [-0.25, -0.2) is 9.78 Å². The van der Waals surface area contributed by atoms with Crippen LogP contribution < -0.4 is 15.4 Å². The van der Waals surface area contributed by atoms with Crippen LogP contribution in [0.2, 0.25) is 5.02 Å². The highest BCUT2D eigenvalue weighted by atomic mass is 35.5. The van der Waals surface area contributed by atoms with Gasteiger partial charge < -0.3 is 20.5 Å². The fraction of sp³-hybridized carbons (Fsp3) is 0.583. The molecule has 0 spiro atoms. The van der Waals surface area contributed by atoms with Crippen molar-refractivity contribution in [2.45, 2.75) is 25.1 Å². The van der Waals surface area contributed by atoms with Gasteiger partial charge in [-0.15, -0.1) is 0 Å². The minimum Gasteiger partial charge on any atom is -0.480 e. The van der Waals surface area contributed by atoms with Crippen molar-refractivity contribution < 1.29 is 27.8 Å². The minimum atomic E-state index is -5.08. The number of anilines is 1. The van der Waals surface area contributed by atoms with Crippen LogP contribution in [-0.4, -0.2) is 53.5 Å². The molecule has 0 bridgehead atoms. The van der Waals surface area contributed by atoms with E-state index in [1.165, 1.54) is 6.42 Å². The number of carbonyl (C=O) groups is 1. The number of piperidine rings is 1. The lowest BCUT2D eigenvalue weighted by atomic mass is 10.1. The van der Waals surface area contributed by atoms with Gasteiger partial charge in [-0.2, -0.15) is 18.2 Å². The molecule has 1 fully saturated rings. The molecule has 130 valence electrons. The highest BCUT2D eigenvalue weighted by Crippen LogP contribution is 2.21. The lowest BCUT2D eigenvalue weighted by molar-refractivity contribution is -0.192. The summed E-state index contributed by atoms with van der Waals surface area (Å²) in [6, 6.07) is 0.375. The monoisotopic (exact) mass is 356 g/mol. The zero-order chi connectivity index (χ0) is 17.5. The van der Waals surface area contributed by atoms with Crippen molar-refractivity contribution in [2.24, 2.45) is 0 Å². The van der Waals surface area contributed by atoms with E-state index in [0.717, 1.165) is 19.5 Å². The Bertz CT molecular complexity index is 525. The molecule has 0 aliphatic carbocycles. The number of ether oxygens (including phenoxy) is 1. The summed E-state index contributed by atoms with van der Waals surface area (Å²) >= 11 is 5.85. The van der Waals surface area contributed by atoms with E-state index in [9.17, 15) is 13.2 Å². The van der Waals surface area contributed by atoms with Gasteiger partial charge in [0, 0.05) is 12.6 Å². The molecular formula is C12H16ClF3N4O3. The molecule has 1 aliphatic rings. The third-order valence-electron chi connectivity index (χ3n) is 2.78. The first-order valence-electron chi connectivity index (χ1n) is 6.58. The van der Waals surface area contributed by atoms with E-state index in [4.69, 9.17) is 26.2 Å². The average molecular weight is 357 g/mol. The van der Waals surface area contributed by atoms with Crippen molar-refractivity contribution >= 4 is 23.5 Å². The molecule has 0 saturated carbocycles. The Balaban J connectivity index is 0.000000322. The first kappa shape index (κ1) is 19.2. The van der Waals surface area contributed by atoms with Crippen molar-refractivity contribution in [3.05, 3.63) is 11.2 Å². The number of aromatic nitrogens is 2. The van der Waals surface area contributed by atoms with E-state index in [0.29, 0.717) is 22.9 Å². The van der Waals surface area contributed by atoms with Crippen LogP contribution in [0, 0.1) is 0 Å². The number of nitrogens with one attached hydrogen (secondary N) is 2. The summed E-state index contributed by atoms with van der Waals surface area (Å²) in [5.41, 5.74) is 0. The molecule has 23 heavy (non-hydrogen) atoms. The summed E-state index contributed by atoms with van der Waals surface area (Å²) in [5.74, 6) is -1.79. The number of methoxy groups -OCH3 is 1. The number of carboxylic acid groups (broad SMARTS) is 1. The molecule has 1 aromatic rings. The Labute approximate surface area is 135 Å². The van der Waals surface area contributed by atoms with Gasteiger partial charge in [0.1, 0.15) is 5.02 Å². The molecule has 0 amide bonds. The Hall–Kier alpha value is -1.81. The smallest absolute Gasteiger partial charge is 0.480 e. The van der Waals surface area contributed by atoms with E-state index in [2.05, 4.69) is 20.6 Å². The van der Waals surface area contributed by atoms with Gasteiger partial charge in [-0.1, -0.05) is 11.6 Å². The number of hydrogen-bond acceptors (Lipinski definition) is 6. The molecule has 2 rings (SSSR count). The van der Waals surface area contributed by atoms with Crippen molar-refractivity contribution in [1.82, 2.24) is 15.3 Å². The lowest BCUT2D eigenvalue weighted by Gasteiger charge is -2.23. The largest absolute Gasteiger partial charge is 0.490 e. The van der Waals surface area contributed by atoms with Crippen molar-refractivity contribution in [3.63, 3.8) is 0 Å². The number of halogens is 4. The van der Waals surface area contributed by atoms with Crippen molar-refractivity contribution in [3.8, 4) is 5.88 Å². The van der Waals surface area contributed by atoms with Crippen LogP contribution in [0.1, 0.15) is 12.8 Å². The number of aliphatic carboxylic acids is 1. The van der Waals surface area contributed by atoms with Crippen LogP contribution in [0.3, 0.4) is 0 Å². The Morgan fingerprint density at radius 2 is 2.22 bits per heavy atom. The molecule has 0 aromatic carbocycles. The maximum Gasteiger partial charge on any atom is 0.490 e. The van der Waals surface area contributed by atoms with Crippen LogP contribution in [0.4, 0.5) is 19.1 Å². The predicted molar refractivity (Wildman–Crippen MR) is 76.8 cm³/mol. The highest BCUT2D eigenvalue weighted by molar-refractivity contribution is 6.31. The van der Waals surface area contributed by atoms with Gasteiger partial charge in [0.25, 0.3) is 0 Å². The molecule has 1 saturated heterocycles. The van der Waals surface area contributed by atoms with E-state index < -0.39 is 12.1 Å². The molecule has 3 N–H and O–H groups in total. The second-order valence-corrected chi connectivity index (χ2v) is 4.95. The summed E-state index contributed by atoms with van der Waals surface area (Å²) in [6.45, 7) is 2.03. The maximum atomic E-state index is 10.6. The number of carboxylic acids is 1. The first-order valence-corrected chi connectivity index (χ1v) is 6.95. The fourth-order valence-corrected chi connectivity index (χ4v) is 1.89. The van der Waals surface area contributed by atoms with Crippen molar-refractivity contribution in [1.29, 1.82) is 0 Å². The summed E-state index contributed by atoms with van der Waals surface area (Å²) in [4.78, 5) is 17.2. The molecule has 1 aromatic heterocycles. The van der Waals surface area contributed by atoms with E-state index in [1.54, 1.807) is 13.3 Å². The SMILES string of the molecule is COc1nc(NC2CCCNC2)ncc1Cl.O=C(O)C(F)(F)F. The maximum absolute atomic E-state index is 10.6. The third kappa shape index (κ3) is 6.87. The second kappa shape index (κ2) is 8.73. The van der Waals surface area contributed by atoms with Crippen LogP contribution >= 0.6 is 11.6 Å². The molecule has 1 unspecified atom stereocenters. The van der Waals surface area contributed by atoms with Gasteiger partial charge in [0.05, 0.1) is 13.3 Å². The second-order valence-electron chi connectivity index (χ2n) is 4.54. The normalized spacial score (nSPS) is 17.7. The van der Waals surface area contributed by atoms with Gasteiger partial charge in [0.15, 0.2) is 0 Å². The number of hydrogen-bond donors (Lipinski definition) is 3. The quantitative estimate of drug-likeness (QED) is 0.761. The summed E-state index contributed by atoms with van der Waals surface area (Å²) in [7, 11) is 1.54. The number of nitrogens with zero attached hydrogens (tertiary/aromatic N) is 2. The van der Waals surface area contributed by atoms with E-state index >= 15 is 0 Å². The zero-order valence-corrected chi connectivity index (χ0v) is 12.9.